The molecular formula is C15H22ClNO. The third kappa shape index (κ3) is 3.98. The molecule has 0 bridgehead atoms. The van der Waals surface area contributed by atoms with E-state index >= 15 is 0 Å². The Kier molecular flexibility index (Phi) is 5.48. The van der Waals surface area contributed by atoms with Gasteiger partial charge in [0.2, 0.25) is 0 Å². The quantitative estimate of drug-likeness (QED) is 0.853. The lowest BCUT2D eigenvalue weighted by Crippen LogP contribution is -2.41. The van der Waals surface area contributed by atoms with Gasteiger partial charge in [-0.2, -0.15) is 0 Å². The van der Waals surface area contributed by atoms with Gasteiger partial charge in [0.1, 0.15) is 0 Å². The van der Waals surface area contributed by atoms with Crippen molar-refractivity contribution in [2.45, 2.75) is 44.8 Å². The summed E-state index contributed by atoms with van der Waals surface area (Å²) in [5.41, 5.74) is 1.28. The minimum absolute atomic E-state index is 0.357. The van der Waals surface area contributed by atoms with Crippen molar-refractivity contribution in [3.63, 3.8) is 0 Å². The van der Waals surface area contributed by atoms with Crippen LogP contribution in [0.3, 0.4) is 0 Å². The van der Waals surface area contributed by atoms with Crippen LogP contribution < -0.4 is 5.32 Å². The first-order chi connectivity index (χ1) is 8.79. The molecule has 1 aliphatic heterocycles. The first kappa shape index (κ1) is 13.9. The van der Waals surface area contributed by atoms with Gasteiger partial charge >= 0.3 is 0 Å². The standard InChI is InChI=1S/C15H22ClNO/c1-2-8-17-14(15-7-4-9-18-15)11-12-5-3-6-13(16)10-12/h3,5-6,10,14-15,17H,2,4,7-9,11H2,1H3. The summed E-state index contributed by atoms with van der Waals surface area (Å²) in [5, 5.41) is 4.43. The third-order valence-electron chi connectivity index (χ3n) is 3.41. The molecule has 100 valence electrons. The molecule has 1 fully saturated rings. The van der Waals surface area contributed by atoms with Gasteiger partial charge in [-0.3, -0.25) is 0 Å². The van der Waals surface area contributed by atoms with Crippen LogP contribution in [0.2, 0.25) is 5.02 Å². The summed E-state index contributed by atoms with van der Waals surface area (Å²) >= 11 is 6.04. The molecule has 2 unspecified atom stereocenters. The van der Waals surface area contributed by atoms with Gasteiger partial charge in [-0.05, 0) is 49.9 Å². The van der Waals surface area contributed by atoms with Crippen LogP contribution >= 0.6 is 11.6 Å². The van der Waals surface area contributed by atoms with Crippen molar-refractivity contribution >= 4 is 11.6 Å². The Morgan fingerprint density at radius 1 is 1.50 bits per heavy atom. The van der Waals surface area contributed by atoms with Gasteiger partial charge in [0.15, 0.2) is 0 Å². The molecule has 0 amide bonds. The molecular weight excluding hydrogens is 246 g/mol. The van der Waals surface area contributed by atoms with Crippen molar-refractivity contribution in [1.29, 1.82) is 0 Å². The lowest BCUT2D eigenvalue weighted by molar-refractivity contribution is 0.0784. The predicted molar refractivity (Wildman–Crippen MR) is 76.2 cm³/mol. The van der Waals surface area contributed by atoms with Crippen LogP contribution in [0.25, 0.3) is 0 Å². The van der Waals surface area contributed by atoms with Crippen molar-refractivity contribution in [2.75, 3.05) is 13.2 Å². The largest absolute Gasteiger partial charge is 0.377 e. The third-order valence-corrected chi connectivity index (χ3v) is 3.65. The van der Waals surface area contributed by atoms with E-state index in [4.69, 9.17) is 16.3 Å². The Morgan fingerprint density at radius 2 is 2.39 bits per heavy atom. The van der Waals surface area contributed by atoms with E-state index in [1.807, 2.05) is 12.1 Å². The number of halogens is 1. The molecule has 0 aromatic heterocycles. The maximum Gasteiger partial charge on any atom is 0.0732 e. The van der Waals surface area contributed by atoms with Crippen molar-refractivity contribution < 1.29 is 4.74 Å². The molecule has 18 heavy (non-hydrogen) atoms. The molecule has 1 heterocycles. The monoisotopic (exact) mass is 267 g/mol. The number of hydrogen-bond acceptors (Lipinski definition) is 2. The van der Waals surface area contributed by atoms with E-state index in [1.54, 1.807) is 0 Å². The second kappa shape index (κ2) is 7.13. The maximum atomic E-state index is 6.04. The summed E-state index contributed by atoms with van der Waals surface area (Å²) in [4.78, 5) is 0. The lowest BCUT2D eigenvalue weighted by atomic mass is 9.99. The van der Waals surface area contributed by atoms with Gasteiger partial charge in [0, 0.05) is 17.7 Å². The van der Waals surface area contributed by atoms with Crippen molar-refractivity contribution in [2.24, 2.45) is 0 Å². The fraction of sp³-hybridized carbons (Fsp3) is 0.600. The molecule has 0 saturated carbocycles. The maximum absolute atomic E-state index is 6.04. The highest BCUT2D eigenvalue weighted by molar-refractivity contribution is 6.30. The van der Waals surface area contributed by atoms with Crippen molar-refractivity contribution in [3.05, 3.63) is 34.9 Å². The predicted octanol–water partition coefficient (Wildman–Crippen LogP) is 3.43. The van der Waals surface area contributed by atoms with Crippen LogP contribution in [0.15, 0.2) is 24.3 Å². The second-order valence-electron chi connectivity index (χ2n) is 4.95. The normalized spacial score (nSPS) is 21.1. The number of ether oxygens (including phenoxy) is 1. The van der Waals surface area contributed by atoms with E-state index in [-0.39, 0.29) is 0 Å². The zero-order chi connectivity index (χ0) is 12.8. The highest BCUT2D eigenvalue weighted by atomic mass is 35.5. The molecule has 1 aliphatic rings. The van der Waals surface area contributed by atoms with E-state index in [0.29, 0.717) is 12.1 Å². The fourth-order valence-corrected chi connectivity index (χ4v) is 2.72. The molecule has 0 aliphatic carbocycles. The lowest BCUT2D eigenvalue weighted by Gasteiger charge is -2.24. The number of nitrogens with one attached hydrogen (secondary N) is 1. The number of rotatable bonds is 6. The Bertz CT molecular complexity index is 363. The van der Waals surface area contributed by atoms with Gasteiger partial charge in [-0.25, -0.2) is 0 Å². The van der Waals surface area contributed by atoms with Crippen molar-refractivity contribution in [1.82, 2.24) is 5.32 Å². The fourth-order valence-electron chi connectivity index (χ4n) is 2.50. The second-order valence-corrected chi connectivity index (χ2v) is 5.38. The average Bonchev–Trinajstić information content (AvgIpc) is 2.88. The molecule has 1 aromatic carbocycles. The van der Waals surface area contributed by atoms with Crippen LogP contribution in [0.4, 0.5) is 0 Å². The number of benzene rings is 1. The molecule has 3 heteroatoms. The van der Waals surface area contributed by atoms with Crippen LogP contribution in [0, 0.1) is 0 Å². The molecule has 2 nitrogen and oxygen atoms in total. The Balaban J connectivity index is 1.99. The van der Waals surface area contributed by atoms with Crippen molar-refractivity contribution in [3.8, 4) is 0 Å². The molecule has 1 N–H and O–H groups in total. The molecule has 0 radical (unpaired) electrons. The average molecular weight is 268 g/mol. The molecule has 1 aromatic rings. The van der Waals surface area contributed by atoms with E-state index in [2.05, 4.69) is 24.4 Å². The highest BCUT2D eigenvalue weighted by Crippen LogP contribution is 2.20. The summed E-state index contributed by atoms with van der Waals surface area (Å²) in [7, 11) is 0. The molecule has 1 saturated heterocycles. The van der Waals surface area contributed by atoms with Crippen LogP contribution in [0.5, 0.6) is 0 Å². The zero-order valence-corrected chi connectivity index (χ0v) is 11.7. The van der Waals surface area contributed by atoms with Gasteiger partial charge in [-0.15, -0.1) is 0 Å². The van der Waals surface area contributed by atoms with E-state index in [9.17, 15) is 0 Å². The van der Waals surface area contributed by atoms with E-state index in [0.717, 1.165) is 31.0 Å². The van der Waals surface area contributed by atoms with Crippen LogP contribution in [0.1, 0.15) is 31.7 Å². The van der Waals surface area contributed by atoms with Gasteiger partial charge in [0.25, 0.3) is 0 Å². The minimum Gasteiger partial charge on any atom is -0.377 e. The summed E-state index contributed by atoms with van der Waals surface area (Å²) in [6, 6.07) is 8.54. The van der Waals surface area contributed by atoms with Gasteiger partial charge in [-0.1, -0.05) is 30.7 Å². The van der Waals surface area contributed by atoms with E-state index in [1.165, 1.54) is 18.4 Å². The summed E-state index contributed by atoms with van der Waals surface area (Å²) in [6.07, 6.45) is 4.85. The summed E-state index contributed by atoms with van der Waals surface area (Å²) in [6.45, 7) is 4.15. The van der Waals surface area contributed by atoms with Gasteiger partial charge < -0.3 is 10.1 Å². The van der Waals surface area contributed by atoms with Gasteiger partial charge in [0.05, 0.1) is 6.10 Å². The minimum atomic E-state index is 0.357. The summed E-state index contributed by atoms with van der Waals surface area (Å²) < 4.78 is 5.82. The zero-order valence-electron chi connectivity index (χ0n) is 11.0. The molecule has 2 atom stereocenters. The van der Waals surface area contributed by atoms with E-state index < -0.39 is 0 Å². The molecule has 0 spiro atoms. The number of hydrogen-bond donors (Lipinski definition) is 1. The first-order valence-corrected chi connectivity index (χ1v) is 7.27. The first-order valence-electron chi connectivity index (χ1n) is 6.89. The topological polar surface area (TPSA) is 21.3 Å². The smallest absolute Gasteiger partial charge is 0.0732 e. The van der Waals surface area contributed by atoms with Crippen LogP contribution in [-0.4, -0.2) is 25.3 Å². The van der Waals surface area contributed by atoms with Crippen LogP contribution in [-0.2, 0) is 11.2 Å². The Morgan fingerprint density at radius 3 is 3.06 bits per heavy atom. The Hall–Kier alpha value is -0.570. The molecule has 2 rings (SSSR count). The highest BCUT2D eigenvalue weighted by Gasteiger charge is 2.25. The Labute approximate surface area is 115 Å². The summed E-state index contributed by atoms with van der Waals surface area (Å²) in [5.74, 6) is 0. The SMILES string of the molecule is CCCNC(Cc1cccc(Cl)c1)C1CCCO1.